The highest BCUT2D eigenvalue weighted by Gasteiger charge is 2.37. The SMILES string of the molecule is Cc1cccc2sc(CC3(CC(=O)O)CCCC3)nc12. The summed E-state index contributed by atoms with van der Waals surface area (Å²) >= 11 is 1.72. The van der Waals surface area contributed by atoms with Crippen molar-refractivity contribution in [2.45, 2.75) is 45.4 Å². The number of carboxylic acid groups (broad SMARTS) is 1. The summed E-state index contributed by atoms with van der Waals surface area (Å²) in [4.78, 5) is 15.9. The Morgan fingerprint density at radius 1 is 1.40 bits per heavy atom. The number of carbonyl (C=O) groups is 1. The molecule has 0 aliphatic heterocycles. The average Bonchev–Trinajstić information content (AvgIpc) is 2.96. The second-order valence-corrected chi connectivity index (χ2v) is 7.10. The van der Waals surface area contributed by atoms with Gasteiger partial charge in [0.1, 0.15) is 0 Å². The third-order valence-corrected chi connectivity index (χ3v) is 5.40. The van der Waals surface area contributed by atoms with Gasteiger partial charge in [0.05, 0.1) is 21.6 Å². The molecule has 1 saturated carbocycles. The van der Waals surface area contributed by atoms with Crippen molar-refractivity contribution in [2.24, 2.45) is 5.41 Å². The first-order chi connectivity index (χ1) is 9.58. The van der Waals surface area contributed by atoms with E-state index in [1.54, 1.807) is 11.3 Å². The molecule has 1 fully saturated rings. The quantitative estimate of drug-likeness (QED) is 0.918. The number of nitrogens with zero attached hydrogens (tertiary/aromatic N) is 1. The Hall–Kier alpha value is -1.42. The van der Waals surface area contributed by atoms with Crippen molar-refractivity contribution in [2.75, 3.05) is 0 Å². The maximum Gasteiger partial charge on any atom is 0.303 e. The number of para-hydroxylation sites is 1. The Balaban J connectivity index is 1.90. The molecule has 1 aliphatic carbocycles. The molecule has 106 valence electrons. The van der Waals surface area contributed by atoms with Gasteiger partial charge in [-0.25, -0.2) is 4.98 Å². The van der Waals surface area contributed by atoms with E-state index in [0.29, 0.717) is 0 Å². The first kappa shape index (κ1) is 13.6. The monoisotopic (exact) mass is 289 g/mol. The molecule has 1 aromatic heterocycles. The summed E-state index contributed by atoms with van der Waals surface area (Å²) in [6.45, 7) is 2.08. The number of hydrogen-bond donors (Lipinski definition) is 1. The summed E-state index contributed by atoms with van der Waals surface area (Å²) in [6, 6.07) is 6.23. The highest BCUT2D eigenvalue weighted by Crippen LogP contribution is 2.44. The van der Waals surface area contributed by atoms with Gasteiger partial charge in [-0.15, -0.1) is 11.3 Å². The summed E-state index contributed by atoms with van der Waals surface area (Å²) in [5.41, 5.74) is 2.22. The Bertz CT molecular complexity index is 641. The lowest BCUT2D eigenvalue weighted by Crippen LogP contribution is -2.23. The van der Waals surface area contributed by atoms with E-state index in [4.69, 9.17) is 4.98 Å². The first-order valence-electron chi connectivity index (χ1n) is 7.15. The number of aryl methyl sites for hydroxylation is 1. The molecule has 0 saturated heterocycles. The molecule has 1 aliphatic rings. The van der Waals surface area contributed by atoms with Crippen LogP contribution in [0.25, 0.3) is 10.2 Å². The van der Waals surface area contributed by atoms with E-state index in [1.807, 2.05) is 0 Å². The second kappa shape index (κ2) is 5.17. The number of carboxylic acids is 1. The summed E-state index contributed by atoms with van der Waals surface area (Å²) in [7, 11) is 0. The van der Waals surface area contributed by atoms with E-state index in [-0.39, 0.29) is 11.8 Å². The van der Waals surface area contributed by atoms with Crippen molar-refractivity contribution in [3.8, 4) is 0 Å². The topological polar surface area (TPSA) is 50.2 Å². The van der Waals surface area contributed by atoms with Gasteiger partial charge in [0.2, 0.25) is 0 Å². The van der Waals surface area contributed by atoms with Gasteiger partial charge in [0, 0.05) is 6.42 Å². The zero-order chi connectivity index (χ0) is 14.2. The van der Waals surface area contributed by atoms with Gasteiger partial charge in [0.15, 0.2) is 0 Å². The smallest absolute Gasteiger partial charge is 0.303 e. The standard InChI is InChI=1S/C16H19NO2S/c1-11-5-4-6-12-15(11)17-13(20-12)9-16(10-14(18)19)7-2-3-8-16/h4-6H,2-3,7-10H2,1H3,(H,18,19). The average molecular weight is 289 g/mol. The predicted molar refractivity (Wildman–Crippen MR) is 81.2 cm³/mol. The van der Waals surface area contributed by atoms with Crippen molar-refractivity contribution in [1.82, 2.24) is 4.98 Å². The van der Waals surface area contributed by atoms with Gasteiger partial charge in [-0.1, -0.05) is 25.0 Å². The van der Waals surface area contributed by atoms with Crippen LogP contribution in [0.4, 0.5) is 0 Å². The fourth-order valence-electron chi connectivity index (χ4n) is 3.39. The Morgan fingerprint density at radius 2 is 2.15 bits per heavy atom. The van der Waals surface area contributed by atoms with E-state index >= 15 is 0 Å². The van der Waals surface area contributed by atoms with Crippen LogP contribution in [0.2, 0.25) is 0 Å². The zero-order valence-corrected chi connectivity index (χ0v) is 12.5. The highest BCUT2D eigenvalue weighted by molar-refractivity contribution is 7.18. The number of aromatic nitrogens is 1. The zero-order valence-electron chi connectivity index (χ0n) is 11.7. The van der Waals surface area contributed by atoms with Gasteiger partial charge < -0.3 is 5.11 Å². The normalized spacial score (nSPS) is 17.6. The van der Waals surface area contributed by atoms with E-state index in [1.165, 1.54) is 10.3 Å². The third-order valence-electron chi connectivity index (χ3n) is 4.38. The lowest BCUT2D eigenvalue weighted by atomic mass is 9.80. The lowest BCUT2D eigenvalue weighted by molar-refractivity contribution is -0.139. The lowest BCUT2D eigenvalue weighted by Gasteiger charge is -2.25. The number of fused-ring (bicyclic) bond motifs is 1. The van der Waals surface area contributed by atoms with Crippen LogP contribution in [-0.2, 0) is 11.2 Å². The Labute approximate surface area is 122 Å². The maximum absolute atomic E-state index is 11.2. The summed E-state index contributed by atoms with van der Waals surface area (Å²) in [6.07, 6.45) is 5.44. The molecule has 0 amide bonds. The number of aliphatic carboxylic acids is 1. The van der Waals surface area contributed by atoms with Crippen LogP contribution >= 0.6 is 11.3 Å². The minimum atomic E-state index is -0.677. The highest BCUT2D eigenvalue weighted by atomic mass is 32.1. The fourth-order valence-corrected chi connectivity index (χ4v) is 4.61. The van der Waals surface area contributed by atoms with Gasteiger partial charge in [-0.2, -0.15) is 0 Å². The van der Waals surface area contributed by atoms with Crippen LogP contribution in [-0.4, -0.2) is 16.1 Å². The van der Waals surface area contributed by atoms with Crippen LogP contribution in [0, 0.1) is 12.3 Å². The van der Waals surface area contributed by atoms with Gasteiger partial charge in [-0.05, 0) is 36.8 Å². The van der Waals surface area contributed by atoms with Crippen LogP contribution in [0.3, 0.4) is 0 Å². The number of hydrogen-bond acceptors (Lipinski definition) is 3. The molecule has 1 heterocycles. The molecule has 3 nitrogen and oxygen atoms in total. The van der Waals surface area contributed by atoms with E-state index in [2.05, 4.69) is 25.1 Å². The van der Waals surface area contributed by atoms with Crippen molar-refractivity contribution >= 4 is 27.5 Å². The Morgan fingerprint density at radius 3 is 2.80 bits per heavy atom. The number of benzene rings is 1. The summed E-state index contributed by atoms with van der Waals surface area (Å²) in [5.74, 6) is -0.677. The molecular weight excluding hydrogens is 270 g/mol. The number of rotatable bonds is 4. The Kier molecular flexibility index (Phi) is 3.50. The van der Waals surface area contributed by atoms with Crippen molar-refractivity contribution in [3.05, 3.63) is 28.8 Å². The molecule has 20 heavy (non-hydrogen) atoms. The van der Waals surface area contributed by atoms with E-state index in [0.717, 1.165) is 42.6 Å². The molecule has 4 heteroatoms. The van der Waals surface area contributed by atoms with Gasteiger partial charge in [-0.3, -0.25) is 4.79 Å². The largest absolute Gasteiger partial charge is 0.481 e. The molecule has 0 unspecified atom stereocenters. The summed E-state index contributed by atoms with van der Waals surface area (Å²) < 4.78 is 1.21. The molecular formula is C16H19NO2S. The molecule has 3 rings (SSSR count). The van der Waals surface area contributed by atoms with Gasteiger partial charge >= 0.3 is 5.97 Å². The summed E-state index contributed by atoms with van der Waals surface area (Å²) in [5, 5.41) is 10.3. The van der Waals surface area contributed by atoms with Crippen LogP contribution in [0.15, 0.2) is 18.2 Å². The molecule has 0 spiro atoms. The fraction of sp³-hybridized carbons (Fsp3) is 0.500. The minimum absolute atomic E-state index is 0.0619. The van der Waals surface area contributed by atoms with Crippen molar-refractivity contribution in [3.63, 3.8) is 0 Å². The van der Waals surface area contributed by atoms with E-state index in [9.17, 15) is 9.90 Å². The second-order valence-electron chi connectivity index (χ2n) is 5.98. The molecule has 2 aromatic rings. The van der Waals surface area contributed by atoms with Gasteiger partial charge in [0.25, 0.3) is 0 Å². The van der Waals surface area contributed by atoms with Crippen LogP contribution < -0.4 is 0 Å². The minimum Gasteiger partial charge on any atom is -0.481 e. The molecule has 0 bridgehead atoms. The predicted octanol–water partition coefficient (Wildman–Crippen LogP) is 4.18. The number of thiazole rings is 1. The van der Waals surface area contributed by atoms with Crippen LogP contribution in [0.5, 0.6) is 0 Å². The third kappa shape index (κ3) is 2.57. The van der Waals surface area contributed by atoms with E-state index < -0.39 is 5.97 Å². The maximum atomic E-state index is 11.2. The van der Waals surface area contributed by atoms with Crippen LogP contribution in [0.1, 0.15) is 42.7 Å². The molecule has 0 radical (unpaired) electrons. The van der Waals surface area contributed by atoms with Crippen molar-refractivity contribution < 1.29 is 9.90 Å². The first-order valence-corrected chi connectivity index (χ1v) is 7.97. The molecule has 1 aromatic carbocycles. The molecule has 0 atom stereocenters. The van der Waals surface area contributed by atoms with Crippen molar-refractivity contribution in [1.29, 1.82) is 0 Å². The molecule has 1 N–H and O–H groups in total.